The van der Waals surface area contributed by atoms with Gasteiger partial charge in [-0.25, -0.2) is 4.79 Å². The summed E-state index contributed by atoms with van der Waals surface area (Å²) in [5.74, 6) is -5.13. The smallest absolute Gasteiger partial charge is 0.326 e. The van der Waals surface area contributed by atoms with Crippen molar-refractivity contribution in [1.29, 1.82) is 0 Å². The second kappa shape index (κ2) is 17.5. The van der Waals surface area contributed by atoms with Crippen molar-refractivity contribution in [2.24, 2.45) is 22.9 Å². The van der Waals surface area contributed by atoms with Crippen LogP contribution in [0.15, 0.2) is 30.3 Å². The average Bonchev–Trinajstić information content (AvgIpc) is 2.88. The van der Waals surface area contributed by atoms with Crippen LogP contribution < -0.4 is 38.9 Å². The van der Waals surface area contributed by atoms with E-state index in [0.717, 1.165) is 5.56 Å². The van der Waals surface area contributed by atoms with Crippen LogP contribution in [0.5, 0.6) is 0 Å². The zero-order chi connectivity index (χ0) is 29.4. The number of rotatable bonds is 19. The van der Waals surface area contributed by atoms with Gasteiger partial charge in [-0.2, -0.15) is 0 Å². The van der Waals surface area contributed by atoms with Crippen molar-refractivity contribution in [3.63, 3.8) is 0 Å². The van der Waals surface area contributed by atoms with Crippen LogP contribution >= 0.6 is 0 Å². The minimum atomic E-state index is -1.35. The molecule has 0 bridgehead atoms. The van der Waals surface area contributed by atoms with Crippen molar-refractivity contribution < 1.29 is 33.9 Å². The molecule has 0 radical (unpaired) electrons. The lowest BCUT2D eigenvalue weighted by atomic mass is 10.0. The zero-order valence-electron chi connectivity index (χ0n) is 21.8. The van der Waals surface area contributed by atoms with Crippen LogP contribution in [-0.2, 0) is 35.2 Å². The highest BCUT2D eigenvalue weighted by atomic mass is 16.4. The molecular formula is C25H39N7O7. The second-order valence-electron chi connectivity index (χ2n) is 9.11. The third-order valence-corrected chi connectivity index (χ3v) is 5.82. The molecular weight excluding hydrogens is 510 g/mol. The van der Waals surface area contributed by atoms with E-state index in [1.54, 1.807) is 24.3 Å². The number of carbonyl (C=O) groups excluding carboxylic acids is 5. The molecule has 0 saturated carbocycles. The van der Waals surface area contributed by atoms with Crippen LogP contribution in [0.4, 0.5) is 0 Å². The molecule has 4 unspecified atom stereocenters. The highest BCUT2D eigenvalue weighted by molar-refractivity contribution is 5.94. The maximum absolute atomic E-state index is 13.1. The third-order valence-electron chi connectivity index (χ3n) is 5.82. The fraction of sp³-hybridized carbons (Fsp3) is 0.520. The molecule has 5 amide bonds. The minimum Gasteiger partial charge on any atom is -0.480 e. The standard InChI is InChI=1S/C25H39N7O7/c26-13-5-4-8-19(25(38)39)32-24(37)18(10-12-21(29)34)31-23(36)17(9-11-20(28)33)30-22(35)16(27)14-15-6-2-1-3-7-15/h1-3,6-7,16-19H,4-5,8-14,26-27H2,(H2,28,33)(H2,29,34)(H,30,35)(H,31,36)(H,32,37)(H,38,39). The first-order valence-corrected chi connectivity index (χ1v) is 12.6. The fourth-order valence-corrected chi connectivity index (χ4v) is 3.65. The van der Waals surface area contributed by atoms with E-state index in [0.29, 0.717) is 19.4 Å². The van der Waals surface area contributed by atoms with Gasteiger partial charge in [-0.3, -0.25) is 24.0 Å². The molecule has 0 heterocycles. The van der Waals surface area contributed by atoms with Crippen LogP contribution in [-0.4, -0.2) is 71.3 Å². The SMILES string of the molecule is NCCCCC(NC(=O)C(CCC(N)=O)NC(=O)C(CCC(N)=O)NC(=O)C(N)Cc1ccccc1)C(=O)O. The van der Waals surface area contributed by atoms with E-state index in [1.165, 1.54) is 0 Å². The van der Waals surface area contributed by atoms with Gasteiger partial charge in [-0.15, -0.1) is 0 Å². The highest BCUT2D eigenvalue weighted by Gasteiger charge is 2.30. The molecule has 12 N–H and O–H groups in total. The van der Waals surface area contributed by atoms with Crippen molar-refractivity contribution in [2.75, 3.05) is 6.54 Å². The molecule has 14 heteroatoms. The Kier molecular flexibility index (Phi) is 14.8. The number of nitrogens with one attached hydrogen (secondary N) is 3. The number of benzene rings is 1. The molecule has 14 nitrogen and oxygen atoms in total. The van der Waals surface area contributed by atoms with Crippen LogP contribution in [0.25, 0.3) is 0 Å². The number of carboxylic acids is 1. The molecule has 0 aliphatic rings. The Morgan fingerprint density at radius 3 is 1.67 bits per heavy atom. The Hall–Kier alpha value is -4.04. The Bertz CT molecular complexity index is 990. The molecule has 4 atom stereocenters. The van der Waals surface area contributed by atoms with Crippen molar-refractivity contribution >= 4 is 35.5 Å². The zero-order valence-corrected chi connectivity index (χ0v) is 21.8. The number of carboxylic acid groups (broad SMARTS) is 1. The summed E-state index contributed by atoms with van der Waals surface area (Å²) in [6, 6.07) is 4.03. The number of primary amides is 2. The number of nitrogens with two attached hydrogens (primary N) is 4. The summed E-state index contributed by atoms with van der Waals surface area (Å²) in [5, 5.41) is 16.7. The lowest BCUT2D eigenvalue weighted by Crippen LogP contribution is -2.57. The Labute approximate surface area is 226 Å². The summed E-state index contributed by atoms with van der Waals surface area (Å²) in [6.07, 6.45) is 0.312. The summed E-state index contributed by atoms with van der Waals surface area (Å²) < 4.78 is 0. The Morgan fingerprint density at radius 1 is 0.718 bits per heavy atom. The Balaban J connectivity index is 3.00. The first-order chi connectivity index (χ1) is 18.4. The number of hydrogen-bond acceptors (Lipinski definition) is 8. The van der Waals surface area contributed by atoms with E-state index in [-0.39, 0.29) is 38.5 Å². The molecule has 0 fully saturated rings. The van der Waals surface area contributed by atoms with Crippen molar-refractivity contribution in [3.05, 3.63) is 35.9 Å². The van der Waals surface area contributed by atoms with Crippen LogP contribution in [0, 0.1) is 0 Å². The van der Waals surface area contributed by atoms with E-state index in [1.807, 2.05) is 6.07 Å². The molecule has 0 aliphatic heterocycles. The highest BCUT2D eigenvalue weighted by Crippen LogP contribution is 2.07. The largest absolute Gasteiger partial charge is 0.480 e. The topological polar surface area (TPSA) is 263 Å². The van der Waals surface area contributed by atoms with Crippen LogP contribution in [0.2, 0.25) is 0 Å². The summed E-state index contributed by atoms with van der Waals surface area (Å²) >= 11 is 0. The van der Waals surface area contributed by atoms with Crippen LogP contribution in [0.1, 0.15) is 50.5 Å². The van der Waals surface area contributed by atoms with Gasteiger partial charge in [-0.05, 0) is 50.6 Å². The van der Waals surface area contributed by atoms with Gasteiger partial charge in [0.1, 0.15) is 18.1 Å². The summed E-state index contributed by atoms with van der Waals surface area (Å²) in [7, 11) is 0. The lowest BCUT2D eigenvalue weighted by molar-refractivity contribution is -0.142. The molecule has 216 valence electrons. The average molecular weight is 550 g/mol. The maximum atomic E-state index is 13.1. The molecule has 39 heavy (non-hydrogen) atoms. The normalized spacial score (nSPS) is 13.8. The molecule has 1 aromatic rings. The first-order valence-electron chi connectivity index (χ1n) is 12.6. The van der Waals surface area contributed by atoms with Gasteiger partial charge < -0.3 is 44.0 Å². The van der Waals surface area contributed by atoms with E-state index in [2.05, 4.69) is 16.0 Å². The maximum Gasteiger partial charge on any atom is 0.326 e. The molecule has 0 aromatic heterocycles. The predicted octanol–water partition coefficient (Wildman–Crippen LogP) is -2.24. The van der Waals surface area contributed by atoms with E-state index in [9.17, 15) is 33.9 Å². The predicted molar refractivity (Wildman–Crippen MR) is 141 cm³/mol. The van der Waals surface area contributed by atoms with Gasteiger partial charge in [0.2, 0.25) is 29.5 Å². The number of aliphatic carboxylic acids is 1. The van der Waals surface area contributed by atoms with Gasteiger partial charge in [0.15, 0.2) is 0 Å². The fourth-order valence-electron chi connectivity index (χ4n) is 3.65. The van der Waals surface area contributed by atoms with E-state index < -0.39 is 59.7 Å². The number of hydrogen-bond donors (Lipinski definition) is 8. The van der Waals surface area contributed by atoms with Crippen molar-refractivity contribution in [1.82, 2.24) is 16.0 Å². The van der Waals surface area contributed by atoms with Crippen molar-refractivity contribution in [3.8, 4) is 0 Å². The minimum absolute atomic E-state index is 0.103. The quantitative estimate of drug-likeness (QED) is 0.0865. The van der Waals surface area contributed by atoms with Gasteiger partial charge in [-0.1, -0.05) is 30.3 Å². The summed E-state index contributed by atoms with van der Waals surface area (Å²) in [4.78, 5) is 73.1. The van der Waals surface area contributed by atoms with Gasteiger partial charge in [0.05, 0.1) is 6.04 Å². The summed E-state index contributed by atoms with van der Waals surface area (Å²) in [6.45, 7) is 0.352. The molecule has 1 aromatic carbocycles. The molecule has 1 rings (SSSR count). The number of amides is 5. The van der Waals surface area contributed by atoms with Gasteiger partial charge >= 0.3 is 5.97 Å². The van der Waals surface area contributed by atoms with Gasteiger partial charge in [0.25, 0.3) is 0 Å². The number of carbonyl (C=O) groups is 6. The van der Waals surface area contributed by atoms with Crippen LogP contribution in [0.3, 0.4) is 0 Å². The summed E-state index contributed by atoms with van der Waals surface area (Å²) in [5.41, 5.74) is 22.6. The molecule has 0 saturated heterocycles. The van der Waals surface area contributed by atoms with E-state index >= 15 is 0 Å². The second-order valence-corrected chi connectivity index (χ2v) is 9.11. The van der Waals surface area contributed by atoms with Crippen molar-refractivity contribution in [2.45, 2.75) is 75.5 Å². The van der Waals surface area contributed by atoms with Gasteiger partial charge in [0, 0.05) is 12.8 Å². The number of unbranched alkanes of at least 4 members (excludes halogenated alkanes) is 1. The first kappa shape index (κ1) is 33.0. The van der Waals surface area contributed by atoms with E-state index in [4.69, 9.17) is 22.9 Å². The third kappa shape index (κ3) is 13.4. The lowest BCUT2D eigenvalue weighted by Gasteiger charge is -2.25. The molecule has 0 aliphatic carbocycles. The Morgan fingerprint density at radius 2 is 1.21 bits per heavy atom. The molecule has 0 spiro atoms. The monoisotopic (exact) mass is 549 g/mol.